The van der Waals surface area contributed by atoms with E-state index in [1.165, 1.54) is 11.5 Å². The maximum atomic E-state index is 4.30. The van der Waals surface area contributed by atoms with Crippen LogP contribution in [0, 0.1) is 0 Å². The Balaban J connectivity index is 1.97. The molecule has 0 aliphatic heterocycles. The lowest BCUT2D eigenvalue weighted by atomic mass is 10.5. The van der Waals surface area contributed by atoms with E-state index in [4.69, 9.17) is 0 Å². The van der Waals surface area contributed by atoms with Crippen LogP contribution >= 0.6 is 39.2 Å². The summed E-state index contributed by atoms with van der Waals surface area (Å²) < 4.78 is 4.95. The van der Waals surface area contributed by atoms with Crippen molar-refractivity contribution < 1.29 is 0 Å². The van der Waals surface area contributed by atoms with E-state index in [1.807, 2.05) is 12.1 Å². The third-order valence-electron chi connectivity index (χ3n) is 1.95. The third kappa shape index (κ3) is 3.65. The van der Waals surface area contributed by atoms with Crippen molar-refractivity contribution in [3.8, 4) is 0 Å². The van der Waals surface area contributed by atoms with E-state index in [0.29, 0.717) is 0 Å². The van der Waals surface area contributed by atoms with E-state index >= 15 is 0 Å². The van der Waals surface area contributed by atoms with Crippen molar-refractivity contribution in [2.45, 2.75) is 17.7 Å². The fraction of sp³-hybridized carbons (Fsp3) is 0.300. The molecule has 0 aliphatic rings. The molecule has 0 unspecified atom stereocenters. The molecule has 0 aromatic carbocycles. The van der Waals surface area contributed by atoms with Gasteiger partial charge in [-0.3, -0.25) is 0 Å². The lowest BCUT2D eigenvalue weighted by molar-refractivity contribution is 1.06. The molecule has 4 nitrogen and oxygen atoms in total. The highest BCUT2D eigenvalue weighted by molar-refractivity contribution is 9.10. The van der Waals surface area contributed by atoms with Gasteiger partial charge in [0.2, 0.25) is 0 Å². The lowest BCUT2D eigenvalue weighted by Crippen LogP contribution is -1.97. The molecule has 0 radical (unpaired) electrons. The normalized spacial score (nSPS) is 10.5. The Bertz CT molecular complexity index is 471. The molecule has 2 rings (SSSR count). The molecule has 2 heterocycles. The average Bonchev–Trinajstić information content (AvgIpc) is 2.77. The lowest BCUT2D eigenvalue weighted by Gasteiger charge is -2.02. The minimum Gasteiger partial charge on any atom is -0.374 e. The molecular weight excluding hydrogens is 320 g/mol. The Hall–Kier alpha value is -0.660. The summed E-state index contributed by atoms with van der Waals surface area (Å²) in [5.41, 5.74) is 0.992. The standard InChI is InChI=1S/C10H11BrN4S2/c1-2-12-10-8(14-15-17-10)6-16-9-4-3-7(11)5-13-9/h3-5,12H,2,6H2,1H3. The number of aromatic nitrogens is 3. The van der Waals surface area contributed by atoms with E-state index < -0.39 is 0 Å². The van der Waals surface area contributed by atoms with Crippen LogP contribution in [-0.4, -0.2) is 21.1 Å². The molecule has 0 saturated carbocycles. The first-order valence-corrected chi connectivity index (χ1v) is 7.64. The first-order chi connectivity index (χ1) is 8.29. The summed E-state index contributed by atoms with van der Waals surface area (Å²) in [5.74, 6) is 0.785. The molecule has 0 atom stereocenters. The molecule has 2 aromatic heterocycles. The van der Waals surface area contributed by atoms with Crippen LogP contribution in [0.3, 0.4) is 0 Å². The number of halogens is 1. The van der Waals surface area contributed by atoms with Gasteiger partial charge in [0.15, 0.2) is 0 Å². The predicted molar refractivity (Wildman–Crippen MR) is 75.6 cm³/mol. The van der Waals surface area contributed by atoms with E-state index in [9.17, 15) is 0 Å². The number of pyridine rings is 1. The fourth-order valence-electron chi connectivity index (χ4n) is 1.19. The van der Waals surface area contributed by atoms with Gasteiger partial charge in [-0.15, -0.1) is 5.10 Å². The van der Waals surface area contributed by atoms with Gasteiger partial charge in [-0.2, -0.15) is 0 Å². The van der Waals surface area contributed by atoms with Gasteiger partial charge in [0, 0.05) is 34.5 Å². The highest BCUT2D eigenvalue weighted by Crippen LogP contribution is 2.26. The van der Waals surface area contributed by atoms with E-state index in [1.54, 1.807) is 18.0 Å². The maximum absolute atomic E-state index is 4.30. The number of hydrogen-bond acceptors (Lipinski definition) is 6. The van der Waals surface area contributed by atoms with Crippen molar-refractivity contribution in [1.29, 1.82) is 0 Å². The van der Waals surface area contributed by atoms with E-state index in [2.05, 4.69) is 42.7 Å². The van der Waals surface area contributed by atoms with E-state index in [0.717, 1.165) is 32.5 Å². The minimum atomic E-state index is 0.785. The number of hydrogen-bond donors (Lipinski definition) is 1. The van der Waals surface area contributed by atoms with Gasteiger partial charge < -0.3 is 5.32 Å². The van der Waals surface area contributed by atoms with Crippen LogP contribution in [0.15, 0.2) is 27.8 Å². The smallest absolute Gasteiger partial charge is 0.134 e. The van der Waals surface area contributed by atoms with Gasteiger partial charge in [-0.05, 0) is 35.0 Å². The largest absolute Gasteiger partial charge is 0.374 e. The summed E-state index contributed by atoms with van der Waals surface area (Å²) in [4.78, 5) is 4.30. The second-order valence-electron chi connectivity index (χ2n) is 3.18. The molecule has 2 aromatic rings. The van der Waals surface area contributed by atoms with Crippen molar-refractivity contribution in [3.05, 3.63) is 28.5 Å². The Morgan fingerprint density at radius 3 is 3.06 bits per heavy atom. The first-order valence-electron chi connectivity index (χ1n) is 5.09. The Morgan fingerprint density at radius 1 is 1.47 bits per heavy atom. The summed E-state index contributed by atoms with van der Waals surface area (Å²) in [6, 6.07) is 3.97. The highest BCUT2D eigenvalue weighted by atomic mass is 79.9. The summed E-state index contributed by atoms with van der Waals surface area (Å²) >= 11 is 6.42. The summed E-state index contributed by atoms with van der Waals surface area (Å²) in [5, 5.41) is 9.41. The highest BCUT2D eigenvalue weighted by Gasteiger charge is 2.07. The zero-order valence-corrected chi connectivity index (χ0v) is 12.4. The summed E-state index contributed by atoms with van der Waals surface area (Å²) in [6.45, 7) is 2.95. The van der Waals surface area contributed by atoms with Gasteiger partial charge in [0.05, 0.1) is 5.03 Å². The van der Waals surface area contributed by atoms with Gasteiger partial charge in [-0.1, -0.05) is 16.3 Å². The van der Waals surface area contributed by atoms with E-state index in [-0.39, 0.29) is 0 Å². The van der Waals surface area contributed by atoms with Crippen LogP contribution in [0.4, 0.5) is 5.00 Å². The molecule has 17 heavy (non-hydrogen) atoms. The fourth-order valence-corrected chi connectivity index (χ4v) is 2.94. The maximum Gasteiger partial charge on any atom is 0.134 e. The van der Waals surface area contributed by atoms with Crippen LogP contribution in [0.1, 0.15) is 12.6 Å². The van der Waals surface area contributed by atoms with Gasteiger partial charge in [0.1, 0.15) is 10.7 Å². The Morgan fingerprint density at radius 2 is 2.35 bits per heavy atom. The molecule has 90 valence electrons. The third-order valence-corrected chi connectivity index (χ3v) is 4.10. The van der Waals surface area contributed by atoms with Crippen LogP contribution in [0.25, 0.3) is 0 Å². The zero-order chi connectivity index (χ0) is 12.1. The molecule has 0 bridgehead atoms. The number of thioether (sulfide) groups is 1. The molecular formula is C10H11BrN4S2. The second kappa shape index (κ2) is 6.32. The quantitative estimate of drug-likeness (QED) is 0.851. The van der Waals surface area contributed by atoms with Crippen molar-refractivity contribution in [3.63, 3.8) is 0 Å². The topological polar surface area (TPSA) is 50.7 Å². The number of anilines is 1. The number of nitrogens with one attached hydrogen (secondary N) is 1. The van der Waals surface area contributed by atoms with Gasteiger partial charge in [-0.25, -0.2) is 4.98 Å². The number of nitrogens with zero attached hydrogens (tertiary/aromatic N) is 3. The molecule has 0 saturated heterocycles. The summed E-state index contributed by atoms with van der Waals surface area (Å²) in [7, 11) is 0. The summed E-state index contributed by atoms with van der Waals surface area (Å²) in [6.07, 6.45) is 1.80. The SMILES string of the molecule is CCNc1snnc1CSc1ccc(Br)cn1. The molecule has 7 heteroatoms. The van der Waals surface area contributed by atoms with Crippen LogP contribution in [0.2, 0.25) is 0 Å². The Kier molecular flexibility index (Phi) is 4.75. The average molecular weight is 331 g/mol. The minimum absolute atomic E-state index is 0.785. The zero-order valence-electron chi connectivity index (χ0n) is 9.18. The van der Waals surface area contributed by atoms with Crippen LogP contribution in [0.5, 0.6) is 0 Å². The van der Waals surface area contributed by atoms with Crippen molar-refractivity contribution in [2.24, 2.45) is 0 Å². The molecule has 0 aliphatic carbocycles. The van der Waals surface area contributed by atoms with Gasteiger partial charge >= 0.3 is 0 Å². The van der Waals surface area contributed by atoms with Crippen molar-refractivity contribution in [1.82, 2.24) is 14.6 Å². The molecule has 1 N–H and O–H groups in total. The first kappa shape index (κ1) is 12.8. The molecule has 0 fully saturated rings. The number of rotatable bonds is 5. The van der Waals surface area contributed by atoms with Crippen LogP contribution < -0.4 is 5.32 Å². The monoisotopic (exact) mass is 330 g/mol. The Labute approximate surface area is 117 Å². The van der Waals surface area contributed by atoms with Crippen molar-refractivity contribution >= 4 is 44.2 Å². The van der Waals surface area contributed by atoms with Crippen molar-refractivity contribution in [2.75, 3.05) is 11.9 Å². The van der Waals surface area contributed by atoms with Gasteiger partial charge in [0.25, 0.3) is 0 Å². The predicted octanol–water partition coefficient (Wildman–Crippen LogP) is 3.42. The van der Waals surface area contributed by atoms with Crippen LogP contribution in [-0.2, 0) is 5.75 Å². The molecule has 0 spiro atoms. The second-order valence-corrected chi connectivity index (χ2v) is 5.85. The molecule has 0 amide bonds.